The Morgan fingerprint density at radius 3 is 2.26 bits per heavy atom. The van der Waals surface area contributed by atoms with Gasteiger partial charge in [0, 0.05) is 18.1 Å². The zero-order chi connectivity index (χ0) is 18.7. The van der Waals surface area contributed by atoms with Crippen molar-refractivity contribution in [2.24, 2.45) is 5.92 Å². The van der Waals surface area contributed by atoms with E-state index in [1.165, 1.54) is 4.90 Å². The second kappa shape index (κ2) is 6.31. The van der Waals surface area contributed by atoms with Crippen LogP contribution < -0.4 is 4.90 Å². The molecule has 3 fully saturated rings. The Labute approximate surface area is 167 Å². The molecule has 0 radical (unpaired) electrons. The maximum atomic E-state index is 13.4. The summed E-state index contributed by atoms with van der Waals surface area (Å²) in [6, 6.07) is 14.2. The van der Waals surface area contributed by atoms with Gasteiger partial charge in [-0.3, -0.25) is 9.59 Å². The zero-order valence-electron chi connectivity index (χ0n) is 14.4. The Kier molecular flexibility index (Phi) is 4.02. The highest BCUT2D eigenvalue weighted by molar-refractivity contribution is 6.38. The zero-order valence-corrected chi connectivity index (χ0v) is 15.9. The third kappa shape index (κ3) is 2.46. The molecule has 0 aliphatic carbocycles. The van der Waals surface area contributed by atoms with Crippen molar-refractivity contribution in [3.8, 4) is 0 Å². The van der Waals surface area contributed by atoms with Crippen molar-refractivity contribution in [2.45, 2.75) is 18.5 Å². The highest BCUT2D eigenvalue weighted by atomic mass is 35.5. The van der Waals surface area contributed by atoms with Gasteiger partial charge in [0.05, 0.1) is 22.7 Å². The van der Waals surface area contributed by atoms with Crippen LogP contribution in [0.5, 0.6) is 0 Å². The number of anilines is 1. The van der Waals surface area contributed by atoms with E-state index in [0.717, 1.165) is 25.1 Å². The lowest BCUT2D eigenvalue weighted by molar-refractivity contribution is -0.126. The topological polar surface area (TPSA) is 43.9 Å². The van der Waals surface area contributed by atoms with Gasteiger partial charge >= 0.3 is 0 Å². The number of carbonyl (C=O) groups is 2. The number of fused-ring (bicyclic) bond motifs is 3. The first-order chi connectivity index (χ1) is 13.1. The van der Waals surface area contributed by atoms with Gasteiger partial charge in [0.15, 0.2) is 0 Å². The molecule has 5 rings (SSSR count). The SMILES string of the molecule is O=C1[C@H]2[C@@H](c3ccccc3)N3CCCN3[C@H]2C(=O)N1c1ccc(Cl)cc1Cl. The quantitative estimate of drug-likeness (QED) is 0.721. The molecule has 0 bridgehead atoms. The van der Waals surface area contributed by atoms with Crippen LogP contribution in [0.3, 0.4) is 0 Å². The molecule has 27 heavy (non-hydrogen) atoms. The first-order valence-corrected chi connectivity index (χ1v) is 9.74. The summed E-state index contributed by atoms with van der Waals surface area (Å²) in [5, 5.41) is 5.04. The van der Waals surface area contributed by atoms with Crippen LogP contribution in [0.4, 0.5) is 5.69 Å². The highest BCUT2D eigenvalue weighted by Gasteiger charge is 2.63. The lowest BCUT2D eigenvalue weighted by Crippen LogP contribution is -2.44. The Hall–Kier alpha value is -1.92. The predicted octanol–water partition coefficient (Wildman–Crippen LogP) is 3.53. The minimum atomic E-state index is -0.475. The summed E-state index contributed by atoms with van der Waals surface area (Å²) in [4.78, 5) is 28.0. The number of hydrogen-bond donors (Lipinski definition) is 0. The largest absolute Gasteiger partial charge is 0.274 e. The Bertz CT molecular complexity index is 936. The molecule has 138 valence electrons. The molecule has 0 unspecified atom stereocenters. The summed E-state index contributed by atoms with van der Waals surface area (Å²) in [7, 11) is 0. The summed E-state index contributed by atoms with van der Waals surface area (Å²) < 4.78 is 0. The lowest BCUT2D eigenvalue weighted by atomic mass is 9.90. The van der Waals surface area contributed by atoms with E-state index in [9.17, 15) is 9.59 Å². The molecule has 7 heteroatoms. The van der Waals surface area contributed by atoms with Crippen molar-refractivity contribution >= 4 is 40.7 Å². The number of halogens is 2. The van der Waals surface area contributed by atoms with Gasteiger partial charge in [0.2, 0.25) is 5.91 Å². The number of benzene rings is 2. The molecule has 2 aromatic rings. The van der Waals surface area contributed by atoms with Crippen LogP contribution in [0.15, 0.2) is 48.5 Å². The van der Waals surface area contributed by atoms with E-state index in [4.69, 9.17) is 23.2 Å². The molecular weight excluding hydrogens is 385 g/mol. The first-order valence-electron chi connectivity index (χ1n) is 8.99. The molecule has 3 aliphatic heterocycles. The Morgan fingerprint density at radius 2 is 1.56 bits per heavy atom. The maximum absolute atomic E-state index is 13.4. The van der Waals surface area contributed by atoms with Crippen molar-refractivity contribution in [1.29, 1.82) is 0 Å². The van der Waals surface area contributed by atoms with Crippen LogP contribution in [0, 0.1) is 5.92 Å². The van der Waals surface area contributed by atoms with E-state index in [1.54, 1.807) is 18.2 Å². The van der Waals surface area contributed by atoms with Gasteiger partial charge in [0.1, 0.15) is 6.04 Å². The highest BCUT2D eigenvalue weighted by Crippen LogP contribution is 2.49. The van der Waals surface area contributed by atoms with Gasteiger partial charge in [-0.05, 0) is 30.2 Å². The summed E-state index contributed by atoms with van der Waals surface area (Å²) in [5.41, 5.74) is 1.46. The molecule has 3 aliphatic rings. The summed E-state index contributed by atoms with van der Waals surface area (Å²) in [5.74, 6) is -0.844. The molecule has 3 saturated heterocycles. The van der Waals surface area contributed by atoms with Crippen molar-refractivity contribution in [3.63, 3.8) is 0 Å². The number of imide groups is 1. The number of amides is 2. The van der Waals surface area contributed by atoms with Crippen molar-refractivity contribution in [2.75, 3.05) is 18.0 Å². The smallest absolute Gasteiger partial charge is 0.253 e. The summed E-state index contributed by atoms with van der Waals surface area (Å²) >= 11 is 12.3. The van der Waals surface area contributed by atoms with Crippen LogP contribution in [0.25, 0.3) is 0 Å². The van der Waals surface area contributed by atoms with Gasteiger partial charge in [-0.2, -0.15) is 0 Å². The number of nitrogens with zero attached hydrogens (tertiary/aromatic N) is 3. The molecule has 2 aromatic carbocycles. The van der Waals surface area contributed by atoms with Crippen LogP contribution in [0.1, 0.15) is 18.0 Å². The normalized spacial score (nSPS) is 28.1. The molecule has 0 N–H and O–H groups in total. The van der Waals surface area contributed by atoms with Crippen LogP contribution in [-0.2, 0) is 9.59 Å². The maximum Gasteiger partial charge on any atom is 0.253 e. The second-order valence-electron chi connectivity index (χ2n) is 7.11. The minimum Gasteiger partial charge on any atom is -0.274 e. The fraction of sp³-hybridized carbons (Fsp3) is 0.300. The summed E-state index contributed by atoms with van der Waals surface area (Å²) in [6.07, 6.45) is 0.982. The van der Waals surface area contributed by atoms with E-state index in [-0.39, 0.29) is 17.9 Å². The number of carbonyl (C=O) groups excluding carboxylic acids is 2. The number of rotatable bonds is 2. The number of hydrogen-bond acceptors (Lipinski definition) is 4. The molecule has 5 nitrogen and oxygen atoms in total. The van der Waals surface area contributed by atoms with Gasteiger partial charge in [-0.1, -0.05) is 53.5 Å². The molecule has 2 amide bonds. The van der Waals surface area contributed by atoms with Crippen molar-refractivity contribution in [3.05, 3.63) is 64.1 Å². The number of hydrazine groups is 1. The fourth-order valence-electron chi connectivity index (χ4n) is 4.66. The van der Waals surface area contributed by atoms with Crippen LogP contribution in [0.2, 0.25) is 10.0 Å². The second-order valence-corrected chi connectivity index (χ2v) is 7.96. The minimum absolute atomic E-state index is 0.133. The molecule has 0 aromatic heterocycles. The van der Waals surface area contributed by atoms with Crippen molar-refractivity contribution in [1.82, 2.24) is 10.0 Å². The lowest BCUT2D eigenvalue weighted by Gasteiger charge is -2.30. The first kappa shape index (κ1) is 17.2. The third-order valence-electron chi connectivity index (χ3n) is 5.70. The van der Waals surface area contributed by atoms with Crippen molar-refractivity contribution < 1.29 is 9.59 Å². The summed E-state index contributed by atoms with van der Waals surface area (Å²) in [6.45, 7) is 1.64. The molecule has 3 atom stereocenters. The monoisotopic (exact) mass is 401 g/mol. The van der Waals surface area contributed by atoms with E-state index in [0.29, 0.717) is 15.7 Å². The standard InChI is InChI=1S/C20H17Cl2N3O2/c21-13-7-8-15(14(22)11-13)25-19(26)16-17(12-5-2-1-3-6-12)23-9-4-10-24(23)18(16)20(25)27/h1-3,5-8,11,16-18H,4,9-10H2/t16-,17+,18+/m0/s1. The van der Waals surface area contributed by atoms with Gasteiger partial charge in [0.25, 0.3) is 5.91 Å². The third-order valence-corrected chi connectivity index (χ3v) is 6.24. The average Bonchev–Trinajstić information content (AvgIpc) is 3.29. The van der Waals surface area contributed by atoms with Gasteiger partial charge in [-0.25, -0.2) is 14.9 Å². The molecule has 3 heterocycles. The predicted molar refractivity (Wildman–Crippen MR) is 103 cm³/mol. The van der Waals surface area contributed by atoms with Crippen LogP contribution >= 0.6 is 23.2 Å². The molecular formula is C20H17Cl2N3O2. The van der Waals surface area contributed by atoms with E-state index < -0.39 is 12.0 Å². The Balaban J connectivity index is 1.60. The molecule has 0 spiro atoms. The van der Waals surface area contributed by atoms with E-state index in [2.05, 4.69) is 10.0 Å². The van der Waals surface area contributed by atoms with E-state index >= 15 is 0 Å². The van der Waals surface area contributed by atoms with E-state index in [1.807, 2.05) is 30.3 Å². The Morgan fingerprint density at radius 1 is 0.852 bits per heavy atom. The molecule has 0 saturated carbocycles. The van der Waals surface area contributed by atoms with Crippen LogP contribution in [-0.4, -0.2) is 41.0 Å². The average molecular weight is 402 g/mol. The van der Waals surface area contributed by atoms with Gasteiger partial charge in [-0.15, -0.1) is 0 Å². The van der Waals surface area contributed by atoms with Gasteiger partial charge < -0.3 is 0 Å². The fourth-order valence-corrected chi connectivity index (χ4v) is 5.16.